The molecule has 0 radical (unpaired) electrons. The zero-order valence-corrected chi connectivity index (χ0v) is 14.8. The van der Waals surface area contributed by atoms with Crippen molar-refractivity contribution >= 4 is 6.03 Å². The van der Waals surface area contributed by atoms with E-state index >= 15 is 0 Å². The second-order valence-electron chi connectivity index (χ2n) is 6.92. The van der Waals surface area contributed by atoms with E-state index in [1.807, 2.05) is 30.5 Å². The molecule has 2 aromatic rings. The van der Waals surface area contributed by atoms with Crippen molar-refractivity contribution in [3.8, 4) is 0 Å². The predicted molar refractivity (Wildman–Crippen MR) is 98.8 cm³/mol. The molecular weight excluding hydrogens is 312 g/mol. The molecule has 0 bridgehead atoms. The molecule has 1 saturated heterocycles. The molecule has 1 aromatic carbocycles. The van der Waals surface area contributed by atoms with Gasteiger partial charge in [0.25, 0.3) is 0 Å². The lowest BCUT2D eigenvalue weighted by Gasteiger charge is -2.24. The Morgan fingerprint density at radius 1 is 1.32 bits per heavy atom. The van der Waals surface area contributed by atoms with Crippen LogP contribution in [0.1, 0.15) is 23.2 Å². The molecule has 0 saturated carbocycles. The first-order valence-electron chi connectivity index (χ1n) is 8.82. The van der Waals surface area contributed by atoms with Crippen molar-refractivity contribution in [3.63, 3.8) is 0 Å². The number of benzene rings is 1. The smallest absolute Gasteiger partial charge is 0.315 e. The Kier molecular flexibility index (Phi) is 5.66. The molecule has 2 N–H and O–H groups in total. The number of carbonyl (C=O) groups excluding carboxylic acids is 1. The molecular formula is C20H26N4O. The van der Waals surface area contributed by atoms with E-state index in [0.717, 1.165) is 37.3 Å². The van der Waals surface area contributed by atoms with Gasteiger partial charge in [-0.2, -0.15) is 0 Å². The largest absolute Gasteiger partial charge is 0.351 e. The van der Waals surface area contributed by atoms with Gasteiger partial charge in [0.15, 0.2) is 0 Å². The molecule has 2 heterocycles. The summed E-state index contributed by atoms with van der Waals surface area (Å²) in [7, 11) is 0. The summed E-state index contributed by atoms with van der Waals surface area (Å²) in [6.07, 6.45) is 2.92. The number of aromatic nitrogens is 1. The maximum atomic E-state index is 11.9. The summed E-state index contributed by atoms with van der Waals surface area (Å²) in [5.41, 5.74) is 9.04. The topological polar surface area (TPSA) is 62.5 Å². The Bertz CT molecular complexity index is 704. The van der Waals surface area contributed by atoms with E-state index in [0.29, 0.717) is 19.0 Å². The summed E-state index contributed by atoms with van der Waals surface area (Å²) in [5.74, 6) is 0.459. The lowest BCUT2D eigenvalue weighted by molar-refractivity contribution is 0.192. The number of aryl methyl sites for hydroxylation is 1. The van der Waals surface area contributed by atoms with E-state index in [2.05, 4.69) is 35.0 Å². The number of hydrogen-bond donors (Lipinski definition) is 1. The zero-order valence-electron chi connectivity index (χ0n) is 14.8. The van der Waals surface area contributed by atoms with Gasteiger partial charge in [0, 0.05) is 32.4 Å². The standard InChI is InChI=1S/C20H26N4O/c1-16-5-4-6-17(11-16)13-24(20(21)25)14-18-8-10-23(12-18)15-19-7-2-3-9-22-19/h2-7,9,11,18H,8,10,12-15H2,1H3,(H2,21,25). The SMILES string of the molecule is Cc1cccc(CN(CC2CCN(Cc3ccccn3)C2)C(N)=O)c1. The van der Waals surface area contributed by atoms with E-state index in [1.54, 1.807) is 4.90 Å². The molecule has 25 heavy (non-hydrogen) atoms. The zero-order chi connectivity index (χ0) is 17.6. The average molecular weight is 338 g/mol. The van der Waals surface area contributed by atoms with Crippen LogP contribution in [0.25, 0.3) is 0 Å². The summed E-state index contributed by atoms with van der Waals surface area (Å²) in [4.78, 5) is 20.4. The van der Waals surface area contributed by atoms with Crippen molar-refractivity contribution < 1.29 is 4.79 Å². The van der Waals surface area contributed by atoms with Crippen LogP contribution in [0.2, 0.25) is 0 Å². The van der Waals surface area contributed by atoms with Crippen LogP contribution in [0.5, 0.6) is 0 Å². The molecule has 1 aliphatic heterocycles. The van der Waals surface area contributed by atoms with Gasteiger partial charge in [-0.15, -0.1) is 0 Å². The Balaban J connectivity index is 1.55. The third-order valence-corrected chi connectivity index (χ3v) is 4.73. The molecule has 5 nitrogen and oxygen atoms in total. The Labute approximate surface area is 149 Å². The molecule has 5 heteroatoms. The van der Waals surface area contributed by atoms with Gasteiger partial charge in [-0.1, -0.05) is 35.9 Å². The van der Waals surface area contributed by atoms with Gasteiger partial charge in [-0.3, -0.25) is 9.88 Å². The summed E-state index contributed by atoms with van der Waals surface area (Å²) < 4.78 is 0. The molecule has 2 amide bonds. The normalized spacial score (nSPS) is 17.6. The van der Waals surface area contributed by atoms with E-state index in [-0.39, 0.29) is 6.03 Å². The van der Waals surface area contributed by atoms with Crippen LogP contribution in [0.4, 0.5) is 4.79 Å². The minimum absolute atomic E-state index is 0.343. The Hall–Kier alpha value is -2.40. The quantitative estimate of drug-likeness (QED) is 0.881. The highest BCUT2D eigenvalue weighted by atomic mass is 16.2. The van der Waals surface area contributed by atoms with Crippen LogP contribution in [0.3, 0.4) is 0 Å². The van der Waals surface area contributed by atoms with Crippen LogP contribution in [0, 0.1) is 12.8 Å². The number of likely N-dealkylation sites (tertiary alicyclic amines) is 1. The highest BCUT2D eigenvalue weighted by molar-refractivity contribution is 5.72. The number of hydrogen-bond acceptors (Lipinski definition) is 3. The maximum Gasteiger partial charge on any atom is 0.315 e. The number of primary amides is 1. The first-order valence-corrected chi connectivity index (χ1v) is 8.82. The summed E-state index contributed by atoms with van der Waals surface area (Å²) >= 11 is 0. The fourth-order valence-electron chi connectivity index (χ4n) is 3.50. The van der Waals surface area contributed by atoms with Gasteiger partial charge in [0.05, 0.1) is 5.69 Å². The lowest BCUT2D eigenvalue weighted by Crippen LogP contribution is -2.39. The van der Waals surface area contributed by atoms with Crippen LogP contribution < -0.4 is 5.73 Å². The molecule has 0 aliphatic carbocycles. The predicted octanol–water partition coefficient (Wildman–Crippen LogP) is 2.79. The van der Waals surface area contributed by atoms with Crippen LogP contribution in [-0.2, 0) is 13.1 Å². The molecule has 1 atom stereocenters. The third-order valence-electron chi connectivity index (χ3n) is 4.73. The molecule has 0 spiro atoms. The van der Waals surface area contributed by atoms with Gasteiger partial charge < -0.3 is 10.6 Å². The maximum absolute atomic E-state index is 11.9. The minimum Gasteiger partial charge on any atom is -0.351 e. The number of amides is 2. The second-order valence-corrected chi connectivity index (χ2v) is 6.92. The van der Waals surface area contributed by atoms with Crippen molar-refractivity contribution in [2.75, 3.05) is 19.6 Å². The second kappa shape index (κ2) is 8.12. The number of carbonyl (C=O) groups is 1. The Morgan fingerprint density at radius 3 is 2.92 bits per heavy atom. The molecule has 3 rings (SSSR count). The van der Waals surface area contributed by atoms with Gasteiger partial charge in [-0.05, 0) is 43.5 Å². The van der Waals surface area contributed by atoms with Gasteiger partial charge >= 0.3 is 6.03 Å². The van der Waals surface area contributed by atoms with Crippen molar-refractivity contribution in [3.05, 3.63) is 65.5 Å². The van der Waals surface area contributed by atoms with Crippen LogP contribution in [-0.4, -0.2) is 40.4 Å². The lowest BCUT2D eigenvalue weighted by atomic mass is 10.1. The summed E-state index contributed by atoms with van der Waals surface area (Å²) in [6, 6.07) is 13.9. The van der Waals surface area contributed by atoms with Crippen molar-refractivity contribution in [1.82, 2.24) is 14.8 Å². The number of rotatable bonds is 6. The van der Waals surface area contributed by atoms with E-state index in [4.69, 9.17) is 5.73 Å². The van der Waals surface area contributed by atoms with Crippen LogP contribution in [0.15, 0.2) is 48.7 Å². The minimum atomic E-state index is -0.343. The highest BCUT2D eigenvalue weighted by Crippen LogP contribution is 2.20. The molecule has 1 fully saturated rings. The first-order chi connectivity index (χ1) is 12.1. The molecule has 132 valence electrons. The number of urea groups is 1. The summed E-state index contributed by atoms with van der Waals surface area (Å²) in [5, 5.41) is 0. The fraction of sp³-hybridized carbons (Fsp3) is 0.400. The molecule has 1 aliphatic rings. The van der Waals surface area contributed by atoms with Gasteiger partial charge in [0.2, 0.25) is 0 Å². The fourth-order valence-corrected chi connectivity index (χ4v) is 3.50. The van der Waals surface area contributed by atoms with E-state index in [1.165, 1.54) is 5.56 Å². The number of pyridine rings is 1. The monoisotopic (exact) mass is 338 g/mol. The van der Waals surface area contributed by atoms with Gasteiger partial charge in [0.1, 0.15) is 0 Å². The van der Waals surface area contributed by atoms with Crippen molar-refractivity contribution in [2.24, 2.45) is 11.7 Å². The van der Waals surface area contributed by atoms with E-state index < -0.39 is 0 Å². The van der Waals surface area contributed by atoms with Crippen LogP contribution >= 0.6 is 0 Å². The summed E-state index contributed by atoms with van der Waals surface area (Å²) in [6.45, 7) is 6.23. The first kappa shape index (κ1) is 17.4. The van der Waals surface area contributed by atoms with Crippen molar-refractivity contribution in [1.29, 1.82) is 0 Å². The number of nitrogens with zero attached hydrogens (tertiary/aromatic N) is 3. The number of nitrogens with two attached hydrogens (primary N) is 1. The third kappa shape index (κ3) is 5.03. The Morgan fingerprint density at radius 2 is 2.20 bits per heavy atom. The average Bonchev–Trinajstić information content (AvgIpc) is 3.02. The highest BCUT2D eigenvalue weighted by Gasteiger charge is 2.26. The molecule has 1 unspecified atom stereocenters. The molecule has 1 aromatic heterocycles. The van der Waals surface area contributed by atoms with Crippen molar-refractivity contribution in [2.45, 2.75) is 26.4 Å². The van der Waals surface area contributed by atoms with Gasteiger partial charge in [-0.25, -0.2) is 4.79 Å². The van der Waals surface area contributed by atoms with E-state index in [9.17, 15) is 4.79 Å².